The predicted molar refractivity (Wildman–Crippen MR) is 161 cm³/mol. The van der Waals surface area contributed by atoms with Gasteiger partial charge in [0.15, 0.2) is 5.82 Å². The second-order valence-corrected chi connectivity index (χ2v) is 12.1. The van der Waals surface area contributed by atoms with E-state index in [9.17, 15) is 17.6 Å². The maximum absolute atomic E-state index is 16.6. The summed E-state index contributed by atoms with van der Waals surface area (Å²) in [5.74, 6) is -1.18. The Bertz CT molecular complexity index is 1660. The van der Waals surface area contributed by atoms with E-state index in [0.717, 1.165) is 32.4 Å². The Balaban J connectivity index is 1.53. The zero-order valence-corrected chi connectivity index (χ0v) is 25.5. The van der Waals surface area contributed by atoms with Gasteiger partial charge in [-0.25, -0.2) is 13.8 Å². The lowest BCUT2D eigenvalue weighted by Gasteiger charge is -2.27. The van der Waals surface area contributed by atoms with Crippen LogP contribution in [0.15, 0.2) is 18.4 Å². The zero-order valence-electron chi connectivity index (χ0n) is 24.7. The fourth-order valence-electron chi connectivity index (χ4n) is 6.51. The average molecular weight is 654 g/mol. The van der Waals surface area contributed by atoms with Gasteiger partial charge in [-0.1, -0.05) is 11.6 Å². The Labute approximate surface area is 261 Å². The third kappa shape index (κ3) is 5.95. The van der Waals surface area contributed by atoms with Gasteiger partial charge in [-0.2, -0.15) is 23.1 Å². The lowest BCUT2D eigenvalue weighted by molar-refractivity contribution is -0.137. The van der Waals surface area contributed by atoms with E-state index in [2.05, 4.69) is 30.5 Å². The molecule has 45 heavy (non-hydrogen) atoms. The molecule has 2 unspecified atom stereocenters. The van der Waals surface area contributed by atoms with Gasteiger partial charge in [0.25, 0.3) is 0 Å². The molecule has 0 amide bonds. The molecule has 6 rings (SSSR count). The smallest absolute Gasteiger partial charge is 0.417 e. The molecule has 3 aromatic rings. The Morgan fingerprint density at radius 1 is 1.22 bits per heavy atom. The SMILES string of the molecule is Cc1c(Cl)c(N)cc(-c2nc3c4c(nc(O/C=C/C56CCCN5CC(F)C6)nc4c2F)NCCNCC[C@H](C)O3)c1C(F)(F)F. The molecule has 2 saturated heterocycles. The van der Waals surface area contributed by atoms with E-state index >= 15 is 4.39 Å². The van der Waals surface area contributed by atoms with Crippen molar-refractivity contribution < 1.29 is 31.4 Å². The fourth-order valence-corrected chi connectivity index (χ4v) is 6.66. The van der Waals surface area contributed by atoms with Crippen molar-refractivity contribution in [3.63, 3.8) is 0 Å². The number of hydrogen-bond donors (Lipinski definition) is 3. The van der Waals surface area contributed by atoms with Crippen LogP contribution in [0.25, 0.3) is 22.2 Å². The van der Waals surface area contributed by atoms with Gasteiger partial charge in [-0.3, -0.25) is 4.90 Å². The van der Waals surface area contributed by atoms with Crippen molar-refractivity contribution in [3.8, 4) is 23.1 Å². The molecule has 1 aromatic carbocycles. The highest BCUT2D eigenvalue weighted by molar-refractivity contribution is 6.34. The van der Waals surface area contributed by atoms with E-state index < -0.39 is 46.6 Å². The number of halogens is 6. The number of nitrogens with two attached hydrogens (primary N) is 1. The van der Waals surface area contributed by atoms with Crippen LogP contribution in [0, 0.1) is 12.7 Å². The molecule has 3 aliphatic heterocycles. The molecule has 2 fully saturated rings. The van der Waals surface area contributed by atoms with E-state index in [1.165, 1.54) is 6.26 Å². The number of ether oxygens (including phenoxy) is 2. The summed E-state index contributed by atoms with van der Waals surface area (Å²) in [6.45, 7) is 5.55. The molecule has 5 heterocycles. The zero-order chi connectivity index (χ0) is 32.1. The van der Waals surface area contributed by atoms with Crippen molar-refractivity contribution in [2.45, 2.75) is 63.5 Å². The van der Waals surface area contributed by atoms with Crippen LogP contribution in [0.5, 0.6) is 11.9 Å². The van der Waals surface area contributed by atoms with Crippen LogP contribution in [0.2, 0.25) is 5.02 Å². The molecule has 0 radical (unpaired) electrons. The van der Waals surface area contributed by atoms with Crippen LogP contribution in [-0.4, -0.2) is 70.4 Å². The first-order chi connectivity index (χ1) is 21.4. The highest BCUT2D eigenvalue weighted by Gasteiger charge is 2.47. The number of anilines is 2. The number of fused-ring (bicyclic) bond motifs is 1. The van der Waals surface area contributed by atoms with Gasteiger partial charge in [0.05, 0.1) is 28.6 Å². The van der Waals surface area contributed by atoms with Gasteiger partial charge in [0.1, 0.15) is 28.6 Å². The van der Waals surface area contributed by atoms with Gasteiger partial charge in [0.2, 0.25) is 5.88 Å². The molecule has 0 bridgehead atoms. The largest absolute Gasteiger partial charge is 0.474 e. The van der Waals surface area contributed by atoms with E-state index in [4.69, 9.17) is 26.8 Å². The number of alkyl halides is 4. The summed E-state index contributed by atoms with van der Waals surface area (Å²) in [5.41, 5.74) is 2.12. The molecule has 15 heteroatoms. The van der Waals surface area contributed by atoms with E-state index in [0.29, 0.717) is 39.0 Å². The molecule has 9 nitrogen and oxygen atoms in total. The van der Waals surface area contributed by atoms with Gasteiger partial charge < -0.3 is 25.8 Å². The topological polar surface area (TPSA) is 110 Å². The van der Waals surface area contributed by atoms with Crippen LogP contribution in [0.1, 0.15) is 43.7 Å². The number of hydrogen-bond acceptors (Lipinski definition) is 9. The Hall–Kier alpha value is -3.49. The minimum Gasteiger partial charge on any atom is -0.474 e. The Kier molecular flexibility index (Phi) is 8.42. The average Bonchev–Trinajstić information content (AvgIpc) is 3.48. The Morgan fingerprint density at radius 3 is 2.80 bits per heavy atom. The summed E-state index contributed by atoms with van der Waals surface area (Å²) in [6, 6.07) is 0.686. The summed E-state index contributed by atoms with van der Waals surface area (Å²) in [4.78, 5) is 15.1. The highest BCUT2D eigenvalue weighted by atomic mass is 35.5. The van der Waals surface area contributed by atoms with Crippen LogP contribution in [0.4, 0.5) is 33.5 Å². The minimum absolute atomic E-state index is 0.0465. The lowest BCUT2D eigenvalue weighted by Crippen LogP contribution is -2.35. The molecule has 0 spiro atoms. The van der Waals surface area contributed by atoms with Crippen molar-refractivity contribution >= 4 is 34.0 Å². The standard InChI is InChI=1S/C30H33ClF5N7O2/c1-15-4-7-38-8-9-39-26-20-25(41-28(42-26)44-11-6-29-5-3-10-43(29)14-17(32)13-29)23(33)24(40-27(20)45-15)18-12-19(37)22(31)16(2)21(18)30(34,35)36/h6,11-12,15,17,38H,3-5,7-10,13-14,37H2,1-2H3,(H,39,41,42)/b11-6+/t15-,17?,29?/m0/s1. The first-order valence-electron chi connectivity index (χ1n) is 14.8. The molecular weight excluding hydrogens is 621 g/mol. The normalized spacial score (nSPS) is 24.4. The molecule has 242 valence electrons. The summed E-state index contributed by atoms with van der Waals surface area (Å²) in [7, 11) is 0. The van der Waals surface area contributed by atoms with Gasteiger partial charge in [-0.15, -0.1) is 0 Å². The minimum atomic E-state index is -4.91. The van der Waals surface area contributed by atoms with Gasteiger partial charge in [-0.05, 0) is 63.9 Å². The first-order valence-corrected chi connectivity index (χ1v) is 15.2. The summed E-state index contributed by atoms with van der Waals surface area (Å²) in [5, 5.41) is 6.13. The molecule has 3 atom stereocenters. The lowest BCUT2D eigenvalue weighted by atomic mass is 9.94. The number of rotatable bonds is 4. The second-order valence-electron chi connectivity index (χ2n) is 11.8. The highest BCUT2D eigenvalue weighted by Crippen LogP contribution is 2.46. The van der Waals surface area contributed by atoms with Crippen molar-refractivity contribution in [2.75, 3.05) is 43.8 Å². The maximum Gasteiger partial charge on any atom is 0.417 e. The number of nitrogens with zero attached hydrogens (tertiary/aromatic N) is 4. The van der Waals surface area contributed by atoms with Crippen LogP contribution < -0.4 is 25.8 Å². The molecule has 4 N–H and O–H groups in total. The molecular formula is C30H33ClF5N7O2. The Morgan fingerprint density at radius 2 is 2.02 bits per heavy atom. The number of nitrogen functional groups attached to an aromatic ring is 1. The quantitative estimate of drug-likeness (QED) is 0.177. The maximum atomic E-state index is 16.6. The van der Waals surface area contributed by atoms with Gasteiger partial charge >= 0.3 is 12.2 Å². The van der Waals surface area contributed by atoms with E-state index in [1.54, 1.807) is 13.0 Å². The van der Waals surface area contributed by atoms with E-state index in [1.807, 2.05) is 0 Å². The van der Waals surface area contributed by atoms with Crippen molar-refractivity contribution in [1.82, 2.24) is 25.2 Å². The number of pyridine rings is 1. The summed E-state index contributed by atoms with van der Waals surface area (Å²) < 4.78 is 85.9. The third-order valence-electron chi connectivity index (χ3n) is 8.64. The summed E-state index contributed by atoms with van der Waals surface area (Å²) in [6.07, 6.45) is -0.629. The molecule has 3 aliphatic rings. The number of benzene rings is 1. The first kappa shape index (κ1) is 31.5. The van der Waals surface area contributed by atoms with E-state index in [-0.39, 0.29) is 44.9 Å². The van der Waals surface area contributed by atoms with Gasteiger partial charge in [0, 0.05) is 37.2 Å². The predicted octanol–water partition coefficient (Wildman–Crippen LogP) is 6.04. The van der Waals surface area contributed by atoms with Crippen LogP contribution in [0.3, 0.4) is 0 Å². The van der Waals surface area contributed by atoms with Crippen molar-refractivity contribution in [2.24, 2.45) is 0 Å². The molecule has 0 aliphatic carbocycles. The molecule has 0 saturated carbocycles. The number of aromatic nitrogens is 3. The monoisotopic (exact) mass is 653 g/mol. The van der Waals surface area contributed by atoms with Crippen LogP contribution >= 0.6 is 11.6 Å². The third-order valence-corrected chi connectivity index (χ3v) is 9.15. The van der Waals surface area contributed by atoms with Crippen molar-refractivity contribution in [3.05, 3.63) is 40.4 Å². The number of nitrogens with one attached hydrogen (secondary N) is 2. The van der Waals surface area contributed by atoms with Crippen molar-refractivity contribution in [1.29, 1.82) is 0 Å². The van der Waals surface area contributed by atoms with Crippen LogP contribution in [-0.2, 0) is 6.18 Å². The second kappa shape index (κ2) is 12.0. The fraction of sp³-hybridized carbons (Fsp3) is 0.500. The molecule has 2 aromatic heterocycles. The summed E-state index contributed by atoms with van der Waals surface area (Å²) >= 11 is 6.09.